The van der Waals surface area contributed by atoms with Crippen LogP contribution in [-0.4, -0.2) is 27.9 Å². The van der Waals surface area contributed by atoms with Crippen LogP contribution in [0.3, 0.4) is 0 Å². The van der Waals surface area contributed by atoms with Crippen molar-refractivity contribution in [2.45, 2.75) is 31.4 Å². The summed E-state index contributed by atoms with van der Waals surface area (Å²) >= 11 is 1.41. The molecule has 1 saturated heterocycles. The number of likely N-dealkylation sites (tertiary alicyclic amines) is 1. The maximum Gasteiger partial charge on any atom is 0.215 e. The fourth-order valence-corrected chi connectivity index (χ4v) is 3.63. The molecule has 92 valence electrons. The summed E-state index contributed by atoms with van der Waals surface area (Å²) in [6.07, 6.45) is 8.27. The molecule has 0 aromatic heterocycles. The standard InChI is InChI=1S/C14H19NOS/c1-4-11(2)10-14(3)12(9-13(16)17-14)15-7-5-6-8-15/h4,9-10H,1,5-8H2,2-3H3/b11-10+. The average Bonchev–Trinajstić information content (AvgIpc) is 2.85. The second-order valence-electron chi connectivity index (χ2n) is 4.84. The lowest BCUT2D eigenvalue weighted by molar-refractivity contribution is -0.106. The SMILES string of the molecule is C=C/C(C)=C/C1(C)SC(=O)C=C1N1CCCC1. The molecule has 0 bridgehead atoms. The monoisotopic (exact) mass is 249 g/mol. The van der Waals surface area contributed by atoms with Crippen LogP contribution in [0.15, 0.2) is 36.1 Å². The van der Waals surface area contributed by atoms with Crippen LogP contribution in [0.1, 0.15) is 26.7 Å². The molecule has 0 saturated carbocycles. The number of rotatable bonds is 3. The second-order valence-corrected chi connectivity index (χ2v) is 6.30. The second kappa shape index (κ2) is 4.73. The summed E-state index contributed by atoms with van der Waals surface area (Å²) in [5.74, 6) is 0. The predicted molar refractivity (Wildman–Crippen MR) is 73.8 cm³/mol. The predicted octanol–water partition coefficient (Wildman–Crippen LogP) is 3.13. The summed E-state index contributed by atoms with van der Waals surface area (Å²) in [5, 5.41) is 0.169. The highest BCUT2D eigenvalue weighted by Gasteiger charge is 2.39. The van der Waals surface area contributed by atoms with Gasteiger partial charge >= 0.3 is 0 Å². The van der Waals surface area contributed by atoms with Gasteiger partial charge in [0.05, 0.1) is 4.75 Å². The Labute approximate surface area is 107 Å². The lowest BCUT2D eigenvalue weighted by Gasteiger charge is -2.30. The van der Waals surface area contributed by atoms with Crippen molar-refractivity contribution in [1.29, 1.82) is 0 Å². The highest BCUT2D eigenvalue weighted by Crippen LogP contribution is 2.44. The molecule has 0 aromatic rings. The minimum atomic E-state index is -0.209. The van der Waals surface area contributed by atoms with Crippen LogP contribution in [-0.2, 0) is 4.79 Å². The molecule has 2 aliphatic heterocycles. The van der Waals surface area contributed by atoms with Gasteiger partial charge in [-0.1, -0.05) is 36.1 Å². The van der Waals surface area contributed by atoms with Crippen LogP contribution in [0.25, 0.3) is 0 Å². The summed E-state index contributed by atoms with van der Waals surface area (Å²) < 4.78 is -0.209. The summed E-state index contributed by atoms with van der Waals surface area (Å²) in [4.78, 5) is 14.1. The topological polar surface area (TPSA) is 20.3 Å². The number of nitrogens with zero attached hydrogens (tertiary/aromatic N) is 1. The molecule has 0 N–H and O–H groups in total. The molecular formula is C14H19NOS. The van der Waals surface area contributed by atoms with E-state index in [0.717, 1.165) is 18.7 Å². The van der Waals surface area contributed by atoms with Gasteiger partial charge in [0.2, 0.25) is 5.12 Å². The molecule has 2 aliphatic rings. The first-order valence-electron chi connectivity index (χ1n) is 6.07. The van der Waals surface area contributed by atoms with E-state index in [1.807, 2.05) is 19.1 Å². The normalized spacial score (nSPS) is 29.8. The third kappa shape index (κ3) is 2.49. The Hall–Kier alpha value is -0.960. The van der Waals surface area contributed by atoms with Crippen LogP contribution in [0.2, 0.25) is 0 Å². The molecule has 0 aliphatic carbocycles. The Balaban J connectivity index is 2.30. The van der Waals surface area contributed by atoms with Gasteiger partial charge in [-0.25, -0.2) is 0 Å². The van der Waals surface area contributed by atoms with E-state index < -0.39 is 0 Å². The van der Waals surface area contributed by atoms with E-state index in [0.29, 0.717) is 0 Å². The molecule has 3 heteroatoms. The van der Waals surface area contributed by atoms with Gasteiger partial charge in [-0.3, -0.25) is 4.79 Å². The van der Waals surface area contributed by atoms with Crippen molar-refractivity contribution >= 4 is 16.9 Å². The smallest absolute Gasteiger partial charge is 0.215 e. The van der Waals surface area contributed by atoms with Crippen molar-refractivity contribution in [2.24, 2.45) is 0 Å². The van der Waals surface area contributed by atoms with Crippen LogP contribution < -0.4 is 0 Å². The van der Waals surface area contributed by atoms with E-state index in [1.54, 1.807) is 0 Å². The number of carbonyl (C=O) groups is 1. The van der Waals surface area contributed by atoms with Crippen molar-refractivity contribution in [3.63, 3.8) is 0 Å². The van der Waals surface area contributed by atoms with Crippen molar-refractivity contribution < 1.29 is 4.79 Å². The molecule has 1 atom stereocenters. The first-order valence-corrected chi connectivity index (χ1v) is 6.89. The van der Waals surface area contributed by atoms with E-state index in [9.17, 15) is 4.79 Å². The van der Waals surface area contributed by atoms with Gasteiger partial charge in [0.25, 0.3) is 0 Å². The van der Waals surface area contributed by atoms with Crippen LogP contribution in [0, 0.1) is 0 Å². The van der Waals surface area contributed by atoms with E-state index >= 15 is 0 Å². The van der Waals surface area contributed by atoms with Gasteiger partial charge in [-0.2, -0.15) is 0 Å². The number of hydrogen-bond donors (Lipinski definition) is 0. The van der Waals surface area contributed by atoms with Crippen molar-refractivity contribution in [3.05, 3.63) is 36.1 Å². The highest BCUT2D eigenvalue weighted by molar-refractivity contribution is 8.15. The quantitative estimate of drug-likeness (QED) is 0.717. The summed E-state index contributed by atoms with van der Waals surface area (Å²) in [6.45, 7) is 10.1. The van der Waals surface area contributed by atoms with Crippen LogP contribution in [0.5, 0.6) is 0 Å². The molecule has 0 spiro atoms. The fourth-order valence-electron chi connectivity index (χ4n) is 2.51. The van der Waals surface area contributed by atoms with Gasteiger partial charge < -0.3 is 4.90 Å². The molecule has 0 radical (unpaired) electrons. The molecule has 0 aromatic carbocycles. The zero-order chi connectivity index (χ0) is 12.5. The number of hydrogen-bond acceptors (Lipinski definition) is 3. The Kier molecular flexibility index (Phi) is 3.48. The van der Waals surface area contributed by atoms with Crippen molar-refractivity contribution in [3.8, 4) is 0 Å². The molecular weight excluding hydrogens is 230 g/mol. The third-order valence-corrected chi connectivity index (χ3v) is 4.42. The molecule has 1 unspecified atom stereocenters. The zero-order valence-corrected chi connectivity index (χ0v) is 11.3. The largest absolute Gasteiger partial charge is 0.373 e. The fraction of sp³-hybridized carbons (Fsp3) is 0.500. The Bertz CT molecular complexity index is 404. The van der Waals surface area contributed by atoms with Gasteiger partial charge in [0.1, 0.15) is 0 Å². The minimum Gasteiger partial charge on any atom is -0.373 e. The van der Waals surface area contributed by atoms with Crippen molar-refractivity contribution in [1.82, 2.24) is 4.90 Å². The lowest BCUT2D eigenvalue weighted by atomic mass is 10.0. The van der Waals surface area contributed by atoms with Gasteiger partial charge in [-0.05, 0) is 26.7 Å². The number of carbonyl (C=O) groups excluding carboxylic acids is 1. The first-order chi connectivity index (χ1) is 8.05. The molecule has 2 nitrogen and oxygen atoms in total. The summed E-state index contributed by atoms with van der Waals surface area (Å²) in [5.41, 5.74) is 2.30. The minimum absolute atomic E-state index is 0.169. The van der Waals surface area contributed by atoms with E-state index in [4.69, 9.17) is 0 Å². The lowest BCUT2D eigenvalue weighted by Crippen LogP contribution is -2.31. The average molecular weight is 249 g/mol. The van der Waals surface area contributed by atoms with Crippen LogP contribution >= 0.6 is 11.8 Å². The summed E-state index contributed by atoms with van der Waals surface area (Å²) in [7, 11) is 0. The highest BCUT2D eigenvalue weighted by atomic mass is 32.2. The Morgan fingerprint density at radius 1 is 1.53 bits per heavy atom. The van der Waals surface area contributed by atoms with E-state index in [1.165, 1.54) is 30.3 Å². The van der Waals surface area contributed by atoms with Crippen LogP contribution in [0.4, 0.5) is 0 Å². The van der Waals surface area contributed by atoms with Gasteiger partial charge in [0.15, 0.2) is 0 Å². The molecule has 0 amide bonds. The number of allylic oxidation sites excluding steroid dienone is 2. The molecule has 1 fully saturated rings. The molecule has 2 rings (SSSR count). The Morgan fingerprint density at radius 2 is 2.18 bits per heavy atom. The Morgan fingerprint density at radius 3 is 2.76 bits per heavy atom. The number of thioether (sulfide) groups is 1. The summed E-state index contributed by atoms with van der Waals surface area (Å²) in [6, 6.07) is 0. The maximum absolute atomic E-state index is 11.7. The van der Waals surface area contributed by atoms with E-state index in [2.05, 4.69) is 24.5 Å². The van der Waals surface area contributed by atoms with Crippen molar-refractivity contribution in [2.75, 3.05) is 13.1 Å². The van der Waals surface area contributed by atoms with Gasteiger partial charge in [0, 0.05) is 24.9 Å². The van der Waals surface area contributed by atoms with E-state index in [-0.39, 0.29) is 9.86 Å². The zero-order valence-electron chi connectivity index (χ0n) is 10.5. The molecule has 2 heterocycles. The first kappa shape index (κ1) is 12.5. The third-order valence-electron chi connectivity index (χ3n) is 3.35. The van der Waals surface area contributed by atoms with Gasteiger partial charge in [-0.15, -0.1) is 0 Å². The maximum atomic E-state index is 11.7. The molecule has 17 heavy (non-hydrogen) atoms.